The Bertz CT molecular complexity index is 324. The number of carbonyl (C=O) groups is 1. The van der Waals surface area contributed by atoms with Gasteiger partial charge in [-0.2, -0.15) is 13.2 Å². The van der Waals surface area contributed by atoms with Crippen LogP contribution in [0.15, 0.2) is 30.3 Å². The Morgan fingerprint density at radius 2 is 1.60 bits per heavy atom. The number of hydrogen-bond acceptors (Lipinski definition) is 2. The van der Waals surface area contributed by atoms with E-state index >= 15 is 0 Å². The van der Waals surface area contributed by atoms with Gasteiger partial charge in [0.25, 0.3) is 0 Å². The molecule has 0 heterocycles. The minimum Gasteiger partial charge on any atom is -0.475 e. The summed E-state index contributed by atoms with van der Waals surface area (Å²) in [6.45, 7) is 0. The van der Waals surface area contributed by atoms with Crippen LogP contribution in [0.4, 0.5) is 13.2 Å². The molecule has 0 aliphatic carbocycles. The van der Waals surface area contributed by atoms with Gasteiger partial charge in [0.2, 0.25) is 0 Å². The van der Waals surface area contributed by atoms with Gasteiger partial charge in [-0.05, 0) is 12.1 Å². The first kappa shape index (κ1) is 14.0. The second-order valence-electron chi connectivity index (χ2n) is 2.18. The summed E-state index contributed by atoms with van der Waals surface area (Å²) in [7, 11) is 0. The molecule has 0 unspecified atom stereocenters. The summed E-state index contributed by atoms with van der Waals surface area (Å²) in [4.78, 5) is 8.90. The average molecular weight is 334 g/mol. The first-order valence-corrected chi connectivity index (χ1v) is 5.46. The van der Waals surface area contributed by atoms with Gasteiger partial charge in [-0.25, -0.2) is 4.79 Å². The van der Waals surface area contributed by atoms with Crippen LogP contribution in [0.5, 0.6) is 0 Å². The van der Waals surface area contributed by atoms with Crippen molar-refractivity contribution in [3.63, 3.8) is 0 Å². The molecule has 0 saturated heterocycles. The summed E-state index contributed by atoms with van der Waals surface area (Å²) >= 11 is -0.941. The summed E-state index contributed by atoms with van der Waals surface area (Å²) in [5.41, 5.74) is 0. The molecule has 7 heteroatoms. The van der Waals surface area contributed by atoms with Gasteiger partial charge in [0.05, 0.1) is 0 Å². The lowest BCUT2D eigenvalue weighted by atomic mass is 10.4. The second-order valence-corrected chi connectivity index (χ2v) is 3.86. The van der Waals surface area contributed by atoms with Crippen molar-refractivity contribution in [3.05, 3.63) is 33.9 Å². The number of alkyl halides is 3. The monoisotopic (exact) mass is 334 g/mol. The maximum absolute atomic E-state index is 10.6. The van der Waals surface area contributed by atoms with E-state index in [0.29, 0.717) is 0 Å². The number of benzene rings is 1. The summed E-state index contributed by atoms with van der Waals surface area (Å²) in [6, 6.07) is 9.46. The SMILES string of the molecule is O=C(O)C(F)(F)F.O=Ic1ccccc1. The molecule has 1 aromatic rings. The Hall–Kier alpha value is -0.990. The highest BCUT2D eigenvalue weighted by atomic mass is 127. The second kappa shape index (κ2) is 6.49. The Morgan fingerprint density at radius 1 is 1.20 bits per heavy atom. The molecule has 84 valence electrons. The Balaban J connectivity index is 0.000000265. The van der Waals surface area contributed by atoms with Gasteiger partial charge in [-0.3, -0.25) is 3.07 Å². The van der Waals surface area contributed by atoms with E-state index in [1.54, 1.807) is 0 Å². The molecule has 0 bridgehead atoms. The van der Waals surface area contributed by atoms with Crippen LogP contribution in [0.25, 0.3) is 0 Å². The molecule has 0 fully saturated rings. The van der Waals surface area contributed by atoms with Crippen LogP contribution in [-0.4, -0.2) is 17.3 Å². The van der Waals surface area contributed by atoms with Gasteiger partial charge < -0.3 is 5.11 Å². The van der Waals surface area contributed by atoms with E-state index < -0.39 is 33.3 Å². The lowest BCUT2D eigenvalue weighted by molar-refractivity contribution is -0.192. The van der Waals surface area contributed by atoms with Crippen molar-refractivity contribution in [1.82, 2.24) is 0 Å². The number of hydrogen-bond donors (Lipinski definition) is 1. The van der Waals surface area contributed by atoms with Crippen LogP contribution in [0.3, 0.4) is 0 Å². The molecule has 15 heavy (non-hydrogen) atoms. The molecule has 0 aliphatic rings. The molecule has 0 saturated carbocycles. The van der Waals surface area contributed by atoms with Crippen LogP contribution in [0, 0.1) is 3.57 Å². The van der Waals surface area contributed by atoms with E-state index in [1.165, 1.54) is 0 Å². The topological polar surface area (TPSA) is 54.4 Å². The predicted octanol–water partition coefficient (Wildman–Crippen LogP) is 2.81. The molecule has 0 spiro atoms. The molecule has 1 aromatic carbocycles. The maximum Gasteiger partial charge on any atom is 0.490 e. The van der Waals surface area contributed by atoms with Gasteiger partial charge in [-0.15, -0.1) is 0 Å². The number of carboxylic acid groups (broad SMARTS) is 1. The molecule has 1 N–H and O–H groups in total. The number of rotatable bonds is 1. The highest BCUT2D eigenvalue weighted by Crippen LogP contribution is 2.13. The predicted molar refractivity (Wildman–Crippen MR) is 53.5 cm³/mol. The van der Waals surface area contributed by atoms with Gasteiger partial charge in [0.15, 0.2) is 21.2 Å². The zero-order valence-electron chi connectivity index (χ0n) is 7.16. The molecule has 0 aromatic heterocycles. The Kier molecular flexibility index (Phi) is 6.06. The third-order valence-electron chi connectivity index (χ3n) is 1.06. The van der Waals surface area contributed by atoms with E-state index in [9.17, 15) is 16.2 Å². The minimum atomic E-state index is -5.08. The largest absolute Gasteiger partial charge is 0.490 e. The highest BCUT2D eigenvalue weighted by Gasteiger charge is 2.38. The van der Waals surface area contributed by atoms with Crippen LogP contribution in [0.1, 0.15) is 0 Å². The van der Waals surface area contributed by atoms with Crippen LogP contribution >= 0.6 is 21.2 Å². The quantitative estimate of drug-likeness (QED) is 0.804. The lowest BCUT2D eigenvalue weighted by Gasteiger charge is -1.93. The molecule has 0 radical (unpaired) electrons. The average Bonchev–Trinajstić information content (AvgIpc) is 2.18. The summed E-state index contributed by atoms with van der Waals surface area (Å²) in [6.07, 6.45) is -5.08. The van der Waals surface area contributed by atoms with Gasteiger partial charge >= 0.3 is 12.1 Å². The highest BCUT2D eigenvalue weighted by molar-refractivity contribution is 14.1. The third-order valence-corrected chi connectivity index (χ3v) is 2.29. The number of carboxylic acids is 1. The van der Waals surface area contributed by atoms with Crippen LogP contribution in [0.2, 0.25) is 0 Å². The van der Waals surface area contributed by atoms with Crippen molar-refractivity contribution in [2.24, 2.45) is 0 Å². The number of aliphatic carboxylic acids is 1. The fourth-order valence-corrected chi connectivity index (χ4v) is 1.17. The molecule has 0 atom stereocenters. The zero-order chi connectivity index (χ0) is 11.9. The Morgan fingerprint density at radius 3 is 1.80 bits per heavy atom. The van der Waals surface area contributed by atoms with Gasteiger partial charge in [0, 0.05) is 3.57 Å². The van der Waals surface area contributed by atoms with Crippen molar-refractivity contribution in [2.75, 3.05) is 0 Å². The fraction of sp³-hybridized carbons (Fsp3) is 0.125. The Labute approximate surface area is 93.6 Å². The van der Waals surface area contributed by atoms with Crippen LogP contribution < -0.4 is 0 Å². The van der Waals surface area contributed by atoms with E-state index in [2.05, 4.69) is 0 Å². The van der Waals surface area contributed by atoms with E-state index in [4.69, 9.17) is 9.90 Å². The van der Waals surface area contributed by atoms with Crippen molar-refractivity contribution in [1.29, 1.82) is 0 Å². The van der Waals surface area contributed by atoms with Crippen molar-refractivity contribution < 1.29 is 26.1 Å². The van der Waals surface area contributed by atoms with Crippen molar-refractivity contribution >= 4 is 27.2 Å². The summed E-state index contributed by atoms with van der Waals surface area (Å²) in [5, 5.41) is 7.12. The molecule has 3 nitrogen and oxygen atoms in total. The van der Waals surface area contributed by atoms with Crippen LogP contribution in [-0.2, 0) is 7.86 Å². The van der Waals surface area contributed by atoms with Crippen molar-refractivity contribution in [3.8, 4) is 0 Å². The van der Waals surface area contributed by atoms with E-state index in [1.807, 2.05) is 30.3 Å². The molecular weight excluding hydrogens is 328 g/mol. The van der Waals surface area contributed by atoms with Crippen molar-refractivity contribution in [2.45, 2.75) is 6.18 Å². The first-order chi connectivity index (χ1) is 6.88. The lowest BCUT2D eigenvalue weighted by Crippen LogP contribution is -2.21. The maximum atomic E-state index is 10.6. The smallest absolute Gasteiger partial charge is 0.475 e. The summed E-state index contributed by atoms with van der Waals surface area (Å²) in [5.74, 6) is -2.76. The number of halogens is 4. The normalized spacial score (nSPS) is 10.1. The standard InChI is InChI=1S/C6H5IO.C2HF3O2/c8-7-6-4-2-1-3-5-6;3-2(4,5)1(6)7/h1-5H;(H,6,7). The zero-order valence-corrected chi connectivity index (χ0v) is 9.32. The van der Waals surface area contributed by atoms with Gasteiger partial charge in [0.1, 0.15) is 0 Å². The molecule has 0 aliphatic heterocycles. The first-order valence-electron chi connectivity index (χ1n) is 3.50. The fourth-order valence-electron chi connectivity index (χ4n) is 0.466. The van der Waals surface area contributed by atoms with Gasteiger partial charge in [-0.1, -0.05) is 18.2 Å². The van der Waals surface area contributed by atoms with E-state index in [0.717, 1.165) is 3.57 Å². The third kappa shape index (κ3) is 7.00. The minimum absolute atomic E-state index is 0.941. The summed E-state index contributed by atoms with van der Waals surface area (Å²) < 4.78 is 42.9. The molecule has 0 amide bonds. The molecular formula is C8H6F3IO3. The molecule has 1 rings (SSSR count). The van der Waals surface area contributed by atoms with E-state index in [-0.39, 0.29) is 0 Å².